The van der Waals surface area contributed by atoms with Crippen molar-refractivity contribution in [3.05, 3.63) is 0 Å². The van der Waals surface area contributed by atoms with Crippen LogP contribution in [0.25, 0.3) is 0 Å². The molecule has 0 aromatic rings. The van der Waals surface area contributed by atoms with Crippen LogP contribution in [0, 0.1) is 0 Å². The molecule has 0 saturated carbocycles. The van der Waals surface area contributed by atoms with Gasteiger partial charge in [-0.05, 0) is 0 Å². The van der Waals surface area contributed by atoms with E-state index >= 15 is 0 Å². The summed E-state index contributed by atoms with van der Waals surface area (Å²) in [5, 5.41) is 33.0. The molecule has 0 fully saturated rings. The molecule has 0 atom stereocenters. The van der Waals surface area contributed by atoms with Gasteiger partial charge in [-0.15, -0.1) is 0 Å². The summed E-state index contributed by atoms with van der Waals surface area (Å²) in [7, 11) is 3.00. The van der Waals surface area contributed by atoms with E-state index in [0.29, 0.717) is 0 Å². The topological polar surface area (TPSA) is 92.2 Å². The van der Waals surface area contributed by atoms with Crippen LogP contribution in [0.4, 0.5) is 0 Å². The summed E-state index contributed by atoms with van der Waals surface area (Å²) in [5.74, 6) is 0. The monoisotopic (exact) mass is 179 g/mol. The van der Waals surface area contributed by atoms with Gasteiger partial charge in [-0.25, -0.2) is 0 Å². The first kappa shape index (κ1) is 34.4. The first-order valence-electron chi connectivity index (χ1n) is 1.63. The van der Waals surface area contributed by atoms with Crippen molar-refractivity contribution in [2.24, 2.45) is 0 Å². The molecule has 1 radical (unpaired) electrons. The molecule has 0 aliphatic heterocycles. The summed E-state index contributed by atoms with van der Waals surface area (Å²) in [5.41, 5.74) is 0. The Morgan fingerprint density at radius 3 is 0.444 bits per heavy atom. The second-order valence-electron chi connectivity index (χ2n) is 0. The van der Waals surface area contributed by atoms with E-state index in [2.05, 4.69) is 0 Å². The minimum absolute atomic E-state index is 0. The summed E-state index contributed by atoms with van der Waals surface area (Å²) in [4.78, 5) is 0. The predicted molar refractivity (Wildman–Crippen MR) is 23.7 cm³/mol. The smallest absolute Gasteiger partial charge is 0 e. The SMILES string of the molecule is C[O-].C[O-].C[O-].C[O-].[Mn]. The van der Waals surface area contributed by atoms with Crippen LogP contribution in [0.5, 0.6) is 0 Å². The molecule has 5 heteroatoms. The maximum absolute atomic E-state index is 8.25. The van der Waals surface area contributed by atoms with Crippen molar-refractivity contribution >= 4 is 0 Å². The Morgan fingerprint density at radius 2 is 0.444 bits per heavy atom. The van der Waals surface area contributed by atoms with E-state index in [0.717, 1.165) is 28.4 Å². The Labute approximate surface area is 66.6 Å². The van der Waals surface area contributed by atoms with Gasteiger partial charge in [0.25, 0.3) is 0 Å². The zero-order valence-corrected chi connectivity index (χ0v) is 7.19. The van der Waals surface area contributed by atoms with Gasteiger partial charge in [0.15, 0.2) is 0 Å². The van der Waals surface area contributed by atoms with Crippen LogP contribution in [-0.2, 0) is 17.1 Å². The van der Waals surface area contributed by atoms with Gasteiger partial charge in [-0.3, -0.25) is 0 Å². The van der Waals surface area contributed by atoms with Crippen LogP contribution < -0.4 is 20.4 Å². The molecular weight excluding hydrogens is 167 g/mol. The van der Waals surface area contributed by atoms with Crippen molar-refractivity contribution in [1.29, 1.82) is 0 Å². The number of hydrogen-bond donors (Lipinski definition) is 0. The third kappa shape index (κ3) is 2620. The molecule has 63 valence electrons. The summed E-state index contributed by atoms with van der Waals surface area (Å²) in [6, 6.07) is 0. The van der Waals surface area contributed by atoms with Gasteiger partial charge in [-0.2, -0.15) is 28.4 Å². The normalized spacial score (nSPS) is 2.67. The first-order chi connectivity index (χ1) is 4.00. The molecule has 0 spiro atoms. The van der Waals surface area contributed by atoms with Crippen molar-refractivity contribution in [2.45, 2.75) is 0 Å². The minimum atomic E-state index is 0. The van der Waals surface area contributed by atoms with Crippen molar-refractivity contribution in [3.63, 3.8) is 0 Å². The van der Waals surface area contributed by atoms with E-state index < -0.39 is 0 Å². The zero-order valence-electron chi connectivity index (χ0n) is 6.01. The zero-order chi connectivity index (χ0) is 8.00. The van der Waals surface area contributed by atoms with E-state index in [1.807, 2.05) is 0 Å². The van der Waals surface area contributed by atoms with E-state index in [1.54, 1.807) is 0 Å². The van der Waals surface area contributed by atoms with Crippen molar-refractivity contribution < 1.29 is 37.5 Å². The summed E-state index contributed by atoms with van der Waals surface area (Å²) in [6.45, 7) is 0. The van der Waals surface area contributed by atoms with Gasteiger partial charge in [0.1, 0.15) is 0 Å². The summed E-state index contributed by atoms with van der Waals surface area (Å²) in [6.07, 6.45) is 0. The Kier molecular flexibility index (Phi) is 13400. The standard InChI is InChI=1S/4CH3O.Mn/c4*1-2;/h4*1H3;/q4*-1;. The predicted octanol–water partition coefficient (Wildman–Crippen LogP) is -4.10. The molecule has 0 amide bonds. The van der Waals surface area contributed by atoms with E-state index in [4.69, 9.17) is 20.4 Å². The largest absolute Gasteiger partial charge is 0.857 e. The third-order valence-electron chi connectivity index (χ3n) is 0. The summed E-state index contributed by atoms with van der Waals surface area (Å²) < 4.78 is 0. The molecule has 0 heterocycles. The van der Waals surface area contributed by atoms with Crippen LogP contribution in [0.2, 0.25) is 0 Å². The van der Waals surface area contributed by atoms with E-state index in [1.165, 1.54) is 0 Å². The maximum atomic E-state index is 8.25. The van der Waals surface area contributed by atoms with Crippen LogP contribution >= 0.6 is 0 Å². The Morgan fingerprint density at radius 1 is 0.444 bits per heavy atom. The fourth-order valence-corrected chi connectivity index (χ4v) is 0. The van der Waals surface area contributed by atoms with Crippen LogP contribution in [0.1, 0.15) is 0 Å². The average molecular weight is 179 g/mol. The quantitative estimate of drug-likeness (QED) is 0.353. The molecule has 0 unspecified atom stereocenters. The molecule has 0 bridgehead atoms. The van der Waals surface area contributed by atoms with E-state index in [9.17, 15) is 0 Å². The van der Waals surface area contributed by atoms with Crippen LogP contribution in [-0.4, -0.2) is 28.4 Å². The fraction of sp³-hybridized carbons (Fsp3) is 1.00. The Hall–Kier alpha value is 0.359. The van der Waals surface area contributed by atoms with Crippen LogP contribution in [0.15, 0.2) is 0 Å². The van der Waals surface area contributed by atoms with Crippen LogP contribution in [0.3, 0.4) is 0 Å². The molecule has 0 saturated heterocycles. The van der Waals surface area contributed by atoms with Gasteiger partial charge in [0.05, 0.1) is 0 Å². The molecule has 0 rings (SSSR count). The third-order valence-corrected chi connectivity index (χ3v) is 0. The summed E-state index contributed by atoms with van der Waals surface area (Å²) >= 11 is 0. The molecule has 4 nitrogen and oxygen atoms in total. The van der Waals surface area contributed by atoms with Crippen molar-refractivity contribution in [3.8, 4) is 0 Å². The minimum Gasteiger partial charge on any atom is -0.857 e. The van der Waals surface area contributed by atoms with Gasteiger partial charge in [0.2, 0.25) is 0 Å². The second-order valence-corrected chi connectivity index (χ2v) is 0. The van der Waals surface area contributed by atoms with Crippen molar-refractivity contribution in [1.82, 2.24) is 0 Å². The van der Waals surface area contributed by atoms with Crippen molar-refractivity contribution in [2.75, 3.05) is 28.4 Å². The average Bonchev–Trinajstić information content (AvgIpc) is 2.03. The molecule has 0 aliphatic carbocycles. The molecule has 9 heavy (non-hydrogen) atoms. The van der Waals surface area contributed by atoms with Gasteiger partial charge in [-0.1, -0.05) is 0 Å². The van der Waals surface area contributed by atoms with Gasteiger partial charge >= 0.3 is 0 Å². The Balaban J connectivity index is -0.00000000762. The molecule has 0 aliphatic rings. The van der Waals surface area contributed by atoms with Gasteiger partial charge in [0, 0.05) is 17.1 Å². The van der Waals surface area contributed by atoms with E-state index in [-0.39, 0.29) is 17.1 Å². The number of rotatable bonds is 0. The first-order valence-corrected chi connectivity index (χ1v) is 1.63. The maximum Gasteiger partial charge on any atom is 0 e. The molecule has 0 aromatic carbocycles. The molecular formula is C4H12MnO4-4. The molecule has 0 aromatic heterocycles. The number of hydrogen-bond acceptors (Lipinski definition) is 4. The molecule has 0 N–H and O–H groups in total. The Bertz CT molecular complexity index is 12.5. The second kappa shape index (κ2) is 3500. The van der Waals surface area contributed by atoms with Gasteiger partial charge < -0.3 is 20.4 Å². The fourth-order valence-electron chi connectivity index (χ4n) is 0.